The van der Waals surface area contributed by atoms with Gasteiger partial charge in [0, 0.05) is 25.2 Å². The highest BCUT2D eigenvalue weighted by Gasteiger charge is 2.09. The minimum absolute atomic E-state index is 0.240. The SMILES string of the molecule is CN(C)c1nc(Nc2ccc(C(=O)O)cc2)nc2ccccc12. The molecular formula is C17H16N4O2. The molecule has 0 saturated carbocycles. The zero-order chi connectivity index (χ0) is 16.4. The number of aromatic nitrogens is 2. The third-order valence-electron chi connectivity index (χ3n) is 3.39. The number of fused-ring (bicyclic) bond motifs is 1. The van der Waals surface area contributed by atoms with Crippen LogP contribution in [-0.4, -0.2) is 35.1 Å². The van der Waals surface area contributed by atoms with E-state index in [1.54, 1.807) is 24.3 Å². The number of para-hydroxylation sites is 1. The number of carboxylic acid groups (broad SMARTS) is 1. The van der Waals surface area contributed by atoms with Gasteiger partial charge in [-0.05, 0) is 36.4 Å². The number of rotatable bonds is 4. The minimum atomic E-state index is -0.951. The fourth-order valence-corrected chi connectivity index (χ4v) is 2.28. The van der Waals surface area contributed by atoms with E-state index in [-0.39, 0.29) is 5.56 Å². The average molecular weight is 308 g/mol. The molecule has 0 amide bonds. The monoisotopic (exact) mass is 308 g/mol. The molecule has 0 spiro atoms. The first-order chi connectivity index (χ1) is 11.0. The lowest BCUT2D eigenvalue weighted by atomic mass is 10.2. The molecule has 1 aromatic heterocycles. The number of nitrogens with zero attached hydrogens (tertiary/aromatic N) is 3. The highest BCUT2D eigenvalue weighted by molar-refractivity contribution is 5.91. The zero-order valence-electron chi connectivity index (χ0n) is 12.8. The number of aromatic carboxylic acids is 1. The van der Waals surface area contributed by atoms with Crippen molar-refractivity contribution in [2.75, 3.05) is 24.3 Å². The number of hydrogen-bond acceptors (Lipinski definition) is 5. The first kappa shape index (κ1) is 14.8. The molecule has 0 aliphatic rings. The lowest BCUT2D eigenvalue weighted by molar-refractivity contribution is 0.0697. The Balaban J connectivity index is 1.98. The van der Waals surface area contributed by atoms with Crippen molar-refractivity contribution in [1.82, 2.24) is 9.97 Å². The Morgan fingerprint density at radius 2 is 1.74 bits per heavy atom. The Morgan fingerprint density at radius 1 is 1.04 bits per heavy atom. The van der Waals surface area contributed by atoms with Crippen LogP contribution < -0.4 is 10.2 Å². The molecule has 0 aliphatic carbocycles. The third kappa shape index (κ3) is 3.06. The summed E-state index contributed by atoms with van der Waals surface area (Å²) < 4.78 is 0. The molecule has 2 N–H and O–H groups in total. The maximum absolute atomic E-state index is 10.9. The van der Waals surface area contributed by atoms with Crippen LogP contribution in [0.4, 0.5) is 17.5 Å². The lowest BCUT2D eigenvalue weighted by Crippen LogP contribution is -2.13. The van der Waals surface area contributed by atoms with Crippen LogP contribution in [0.1, 0.15) is 10.4 Å². The van der Waals surface area contributed by atoms with E-state index in [1.807, 2.05) is 43.3 Å². The van der Waals surface area contributed by atoms with Crippen LogP contribution in [0, 0.1) is 0 Å². The average Bonchev–Trinajstić information content (AvgIpc) is 2.54. The molecule has 2 aromatic carbocycles. The van der Waals surface area contributed by atoms with Crippen LogP contribution in [0.3, 0.4) is 0 Å². The molecule has 0 unspecified atom stereocenters. The maximum Gasteiger partial charge on any atom is 0.335 e. The molecule has 0 radical (unpaired) electrons. The van der Waals surface area contributed by atoms with Crippen molar-refractivity contribution in [3.05, 3.63) is 54.1 Å². The standard InChI is InChI=1S/C17H16N4O2/c1-21(2)15-13-5-3-4-6-14(13)19-17(20-15)18-12-9-7-11(8-10-12)16(22)23/h3-10H,1-2H3,(H,22,23)(H,18,19,20). The topological polar surface area (TPSA) is 78.4 Å². The van der Waals surface area contributed by atoms with Gasteiger partial charge >= 0.3 is 5.97 Å². The summed E-state index contributed by atoms with van der Waals surface area (Å²) in [4.78, 5) is 21.9. The van der Waals surface area contributed by atoms with Crippen LogP contribution in [0.5, 0.6) is 0 Å². The van der Waals surface area contributed by atoms with E-state index in [4.69, 9.17) is 5.11 Å². The van der Waals surface area contributed by atoms with E-state index < -0.39 is 5.97 Å². The fraction of sp³-hybridized carbons (Fsp3) is 0.118. The Kier molecular flexibility index (Phi) is 3.80. The third-order valence-corrected chi connectivity index (χ3v) is 3.39. The van der Waals surface area contributed by atoms with Crippen molar-refractivity contribution in [3.8, 4) is 0 Å². The Morgan fingerprint density at radius 3 is 2.39 bits per heavy atom. The highest BCUT2D eigenvalue weighted by atomic mass is 16.4. The van der Waals surface area contributed by atoms with Crippen molar-refractivity contribution in [3.63, 3.8) is 0 Å². The van der Waals surface area contributed by atoms with E-state index in [1.165, 1.54) is 0 Å². The van der Waals surface area contributed by atoms with E-state index in [9.17, 15) is 4.79 Å². The van der Waals surface area contributed by atoms with E-state index in [2.05, 4.69) is 15.3 Å². The molecule has 0 fully saturated rings. The van der Waals surface area contributed by atoms with Gasteiger partial charge in [-0.25, -0.2) is 9.78 Å². The predicted octanol–water partition coefficient (Wildman–Crippen LogP) is 3.14. The number of nitrogens with one attached hydrogen (secondary N) is 1. The molecule has 1 heterocycles. The van der Waals surface area contributed by atoms with Gasteiger partial charge in [-0.15, -0.1) is 0 Å². The summed E-state index contributed by atoms with van der Waals surface area (Å²) in [5.41, 5.74) is 1.81. The van der Waals surface area contributed by atoms with Crippen LogP contribution in [-0.2, 0) is 0 Å². The Bertz CT molecular complexity index is 860. The zero-order valence-corrected chi connectivity index (χ0v) is 12.8. The van der Waals surface area contributed by atoms with Crippen molar-refractivity contribution in [2.45, 2.75) is 0 Å². The summed E-state index contributed by atoms with van der Waals surface area (Å²) in [6.45, 7) is 0. The quantitative estimate of drug-likeness (QED) is 0.771. The normalized spacial score (nSPS) is 10.5. The first-order valence-corrected chi connectivity index (χ1v) is 7.09. The van der Waals surface area contributed by atoms with Crippen LogP contribution in [0.15, 0.2) is 48.5 Å². The number of hydrogen-bond donors (Lipinski definition) is 2. The first-order valence-electron chi connectivity index (χ1n) is 7.09. The molecule has 116 valence electrons. The van der Waals surface area contributed by atoms with Gasteiger partial charge in [-0.1, -0.05) is 12.1 Å². The molecule has 0 atom stereocenters. The Hall–Kier alpha value is -3.15. The van der Waals surface area contributed by atoms with Crippen molar-refractivity contribution < 1.29 is 9.90 Å². The Labute approximate surface area is 133 Å². The van der Waals surface area contributed by atoms with Crippen molar-refractivity contribution in [1.29, 1.82) is 0 Å². The molecule has 6 nitrogen and oxygen atoms in total. The van der Waals surface area contributed by atoms with Gasteiger partial charge in [-0.2, -0.15) is 4.98 Å². The van der Waals surface area contributed by atoms with Crippen LogP contribution in [0.2, 0.25) is 0 Å². The van der Waals surface area contributed by atoms with Gasteiger partial charge in [0.05, 0.1) is 11.1 Å². The van der Waals surface area contributed by atoms with Gasteiger partial charge in [0.2, 0.25) is 5.95 Å². The van der Waals surface area contributed by atoms with Crippen LogP contribution >= 0.6 is 0 Å². The van der Waals surface area contributed by atoms with Crippen molar-refractivity contribution >= 4 is 34.3 Å². The summed E-state index contributed by atoms with van der Waals surface area (Å²) in [7, 11) is 3.86. The minimum Gasteiger partial charge on any atom is -0.478 e. The second-order valence-corrected chi connectivity index (χ2v) is 5.29. The molecule has 0 bridgehead atoms. The van der Waals surface area contributed by atoms with Gasteiger partial charge in [0.1, 0.15) is 5.82 Å². The summed E-state index contributed by atoms with van der Waals surface area (Å²) in [6.07, 6.45) is 0. The molecule has 0 saturated heterocycles. The summed E-state index contributed by atoms with van der Waals surface area (Å²) in [6, 6.07) is 14.3. The molecule has 3 rings (SSSR count). The smallest absolute Gasteiger partial charge is 0.335 e. The molecule has 6 heteroatoms. The molecule has 23 heavy (non-hydrogen) atoms. The summed E-state index contributed by atoms with van der Waals surface area (Å²) in [5.74, 6) is 0.337. The van der Waals surface area contributed by atoms with Crippen molar-refractivity contribution in [2.24, 2.45) is 0 Å². The van der Waals surface area contributed by atoms with E-state index >= 15 is 0 Å². The molecule has 3 aromatic rings. The van der Waals surface area contributed by atoms with E-state index in [0.717, 1.165) is 22.4 Å². The van der Waals surface area contributed by atoms with Gasteiger partial charge < -0.3 is 15.3 Å². The molecular weight excluding hydrogens is 292 g/mol. The second-order valence-electron chi connectivity index (χ2n) is 5.29. The van der Waals surface area contributed by atoms with Crippen LogP contribution in [0.25, 0.3) is 10.9 Å². The largest absolute Gasteiger partial charge is 0.478 e. The van der Waals surface area contributed by atoms with E-state index in [0.29, 0.717) is 5.95 Å². The lowest BCUT2D eigenvalue weighted by Gasteiger charge is -2.15. The predicted molar refractivity (Wildman–Crippen MR) is 90.5 cm³/mol. The summed E-state index contributed by atoms with van der Waals surface area (Å²) >= 11 is 0. The van der Waals surface area contributed by atoms with Gasteiger partial charge in [0.15, 0.2) is 0 Å². The van der Waals surface area contributed by atoms with Gasteiger partial charge in [-0.3, -0.25) is 0 Å². The fourth-order valence-electron chi connectivity index (χ4n) is 2.28. The van der Waals surface area contributed by atoms with Gasteiger partial charge in [0.25, 0.3) is 0 Å². The summed E-state index contributed by atoms with van der Waals surface area (Å²) in [5, 5.41) is 13.0. The highest BCUT2D eigenvalue weighted by Crippen LogP contribution is 2.25. The molecule has 0 aliphatic heterocycles. The number of carboxylic acids is 1. The second kappa shape index (κ2) is 5.92. The number of benzene rings is 2. The number of carbonyl (C=O) groups is 1. The number of anilines is 3. The maximum atomic E-state index is 10.9.